The number of hydrogen-bond acceptors (Lipinski definition) is 0. The number of halogens is 1. The van der Waals surface area contributed by atoms with Gasteiger partial charge in [-0.1, -0.05) is 13.8 Å². The molecule has 0 N–H and O–H groups in total. The highest BCUT2D eigenvalue weighted by molar-refractivity contribution is 5.14. The second-order valence-electron chi connectivity index (χ2n) is 5.33. The predicted molar refractivity (Wildman–Crippen MR) is 48.7 cm³/mol. The minimum atomic E-state index is -0.770. The molecule has 2 atom stereocenters. The van der Waals surface area contributed by atoms with Crippen molar-refractivity contribution in [3.63, 3.8) is 0 Å². The Balaban J connectivity index is 1.82. The third-order valence-corrected chi connectivity index (χ3v) is 3.81. The lowest BCUT2D eigenvalue weighted by molar-refractivity contribution is 0.232. The largest absolute Gasteiger partial charge is 0.244 e. The molecule has 0 heterocycles. The predicted octanol–water partition coefficient (Wildman–Crippen LogP) is 3.42. The minimum absolute atomic E-state index is 0.432. The lowest BCUT2D eigenvalue weighted by atomic mass is 9.91. The molecule has 2 rings (SSSR count). The highest BCUT2D eigenvalue weighted by Gasteiger charge is 2.66. The maximum absolute atomic E-state index is 13.4. The van der Waals surface area contributed by atoms with E-state index in [1.165, 1.54) is 6.42 Å². The Bertz CT molecular complexity index is 169. The molecular formula is C11H19F. The summed E-state index contributed by atoms with van der Waals surface area (Å²) in [6.07, 6.45) is 3.63. The molecule has 0 aromatic heterocycles. The molecule has 12 heavy (non-hydrogen) atoms. The van der Waals surface area contributed by atoms with E-state index >= 15 is 0 Å². The quantitative estimate of drug-likeness (QED) is 0.595. The Morgan fingerprint density at radius 3 is 2.25 bits per heavy atom. The Kier molecular flexibility index (Phi) is 1.75. The van der Waals surface area contributed by atoms with Crippen molar-refractivity contribution in [3.05, 3.63) is 0 Å². The Morgan fingerprint density at radius 1 is 1.33 bits per heavy atom. The van der Waals surface area contributed by atoms with Crippen LogP contribution in [0.15, 0.2) is 0 Å². The van der Waals surface area contributed by atoms with Crippen molar-refractivity contribution in [2.45, 2.75) is 45.7 Å². The van der Waals surface area contributed by atoms with Crippen molar-refractivity contribution in [1.82, 2.24) is 0 Å². The Labute approximate surface area is 74.5 Å². The first-order chi connectivity index (χ1) is 5.51. The molecule has 0 bridgehead atoms. The van der Waals surface area contributed by atoms with Gasteiger partial charge in [0.05, 0.1) is 0 Å². The van der Waals surface area contributed by atoms with Crippen molar-refractivity contribution >= 4 is 0 Å². The SMILES string of the molecule is CC(C)CC1CC2C(C1)C2(C)F. The van der Waals surface area contributed by atoms with Crippen LogP contribution in [0.2, 0.25) is 0 Å². The number of hydrogen-bond donors (Lipinski definition) is 0. The standard InChI is InChI=1S/C11H19F/c1-7(2)4-8-5-9-10(6-8)11(9,3)12/h7-10H,4-6H2,1-3H3. The topological polar surface area (TPSA) is 0 Å². The second kappa shape index (κ2) is 2.46. The van der Waals surface area contributed by atoms with Gasteiger partial charge in [0.1, 0.15) is 5.67 Å². The average molecular weight is 170 g/mol. The van der Waals surface area contributed by atoms with Crippen molar-refractivity contribution in [2.24, 2.45) is 23.7 Å². The van der Waals surface area contributed by atoms with Crippen LogP contribution in [-0.4, -0.2) is 5.67 Å². The van der Waals surface area contributed by atoms with E-state index in [0.717, 1.165) is 24.7 Å². The first-order valence-electron chi connectivity index (χ1n) is 5.20. The molecule has 2 fully saturated rings. The van der Waals surface area contributed by atoms with Gasteiger partial charge >= 0.3 is 0 Å². The molecule has 0 radical (unpaired) electrons. The summed E-state index contributed by atoms with van der Waals surface area (Å²) in [4.78, 5) is 0. The van der Waals surface area contributed by atoms with Gasteiger partial charge in [-0.3, -0.25) is 0 Å². The zero-order valence-corrected chi connectivity index (χ0v) is 8.31. The van der Waals surface area contributed by atoms with Gasteiger partial charge in [0.2, 0.25) is 0 Å². The minimum Gasteiger partial charge on any atom is -0.244 e. The van der Waals surface area contributed by atoms with E-state index in [9.17, 15) is 4.39 Å². The molecule has 1 heteroatoms. The van der Waals surface area contributed by atoms with Crippen molar-refractivity contribution in [2.75, 3.05) is 0 Å². The van der Waals surface area contributed by atoms with E-state index in [1.807, 2.05) is 0 Å². The summed E-state index contributed by atoms with van der Waals surface area (Å²) in [7, 11) is 0. The average Bonchev–Trinajstić information content (AvgIpc) is 2.38. The number of rotatable bonds is 2. The van der Waals surface area contributed by atoms with Crippen LogP contribution >= 0.6 is 0 Å². The van der Waals surface area contributed by atoms with Gasteiger partial charge in [0.15, 0.2) is 0 Å². The molecule has 0 aromatic carbocycles. The van der Waals surface area contributed by atoms with Crippen LogP contribution in [0.25, 0.3) is 0 Å². The smallest absolute Gasteiger partial charge is 0.114 e. The molecule has 2 aliphatic carbocycles. The molecule has 2 aliphatic rings. The summed E-state index contributed by atoms with van der Waals surface area (Å²) < 4.78 is 13.4. The second-order valence-corrected chi connectivity index (χ2v) is 5.33. The Morgan fingerprint density at radius 2 is 1.83 bits per heavy atom. The van der Waals surface area contributed by atoms with Crippen LogP contribution in [0.5, 0.6) is 0 Å². The van der Waals surface area contributed by atoms with E-state index in [2.05, 4.69) is 13.8 Å². The number of fused-ring (bicyclic) bond motifs is 1. The van der Waals surface area contributed by atoms with Crippen molar-refractivity contribution in [3.8, 4) is 0 Å². The van der Waals surface area contributed by atoms with E-state index < -0.39 is 5.67 Å². The van der Waals surface area contributed by atoms with E-state index in [-0.39, 0.29) is 0 Å². The van der Waals surface area contributed by atoms with Gasteiger partial charge in [-0.25, -0.2) is 4.39 Å². The summed E-state index contributed by atoms with van der Waals surface area (Å²) in [6, 6.07) is 0. The van der Waals surface area contributed by atoms with Gasteiger partial charge in [-0.05, 0) is 49.9 Å². The maximum atomic E-state index is 13.4. The highest BCUT2D eigenvalue weighted by Crippen LogP contribution is 2.65. The summed E-state index contributed by atoms with van der Waals surface area (Å²) in [5, 5.41) is 0. The summed E-state index contributed by atoms with van der Waals surface area (Å²) >= 11 is 0. The maximum Gasteiger partial charge on any atom is 0.114 e. The lowest BCUT2D eigenvalue weighted by Gasteiger charge is -2.16. The van der Waals surface area contributed by atoms with Crippen molar-refractivity contribution < 1.29 is 4.39 Å². The zero-order chi connectivity index (χ0) is 8.93. The normalized spacial score (nSPS) is 51.2. The lowest BCUT2D eigenvalue weighted by Crippen LogP contribution is -2.10. The first-order valence-corrected chi connectivity index (χ1v) is 5.20. The van der Waals surface area contributed by atoms with E-state index in [0.29, 0.717) is 11.8 Å². The molecule has 0 aliphatic heterocycles. The summed E-state index contributed by atoms with van der Waals surface area (Å²) in [6.45, 7) is 6.31. The molecule has 70 valence electrons. The highest BCUT2D eigenvalue weighted by atomic mass is 19.1. The summed E-state index contributed by atoms with van der Waals surface area (Å²) in [5.74, 6) is 2.49. The van der Waals surface area contributed by atoms with Gasteiger partial charge in [0, 0.05) is 0 Å². The van der Waals surface area contributed by atoms with Gasteiger partial charge in [-0.15, -0.1) is 0 Å². The fourth-order valence-corrected chi connectivity index (χ4v) is 3.12. The third kappa shape index (κ3) is 1.18. The summed E-state index contributed by atoms with van der Waals surface area (Å²) in [5.41, 5.74) is -0.770. The van der Waals surface area contributed by atoms with Crippen LogP contribution in [0.4, 0.5) is 4.39 Å². The van der Waals surface area contributed by atoms with E-state index in [4.69, 9.17) is 0 Å². The van der Waals surface area contributed by atoms with Gasteiger partial charge in [-0.2, -0.15) is 0 Å². The van der Waals surface area contributed by atoms with Gasteiger partial charge < -0.3 is 0 Å². The molecule has 0 saturated heterocycles. The van der Waals surface area contributed by atoms with Crippen LogP contribution in [0.1, 0.15) is 40.0 Å². The fourth-order valence-electron chi connectivity index (χ4n) is 3.12. The van der Waals surface area contributed by atoms with E-state index in [1.54, 1.807) is 6.92 Å². The van der Waals surface area contributed by atoms with Crippen LogP contribution < -0.4 is 0 Å². The fraction of sp³-hybridized carbons (Fsp3) is 1.00. The van der Waals surface area contributed by atoms with Crippen LogP contribution in [-0.2, 0) is 0 Å². The molecule has 0 aromatic rings. The third-order valence-electron chi connectivity index (χ3n) is 3.81. The Hall–Kier alpha value is -0.0700. The van der Waals surface area contributed by atoms with Crippen molar-refractivity contribution in [1.29, 1.82) is 0 Å². The zero-order valence-electron chi connectivity index (χ0n) is 8.31. The first kappa shape index (κ1) is 8.52. The molecule has 0 nitrogen and oxygen atoms in total. The molecule has 0 amide bonds. The molecular weight excluding hydrogens is 151 g/mol. The monoisotopic (exact) mass is 170 g/mol. The van der Waals surface area contributed by atoms with Crippen LogP contribution in [0.3, 0.4) is 0 Å². The van der Waals surface area contributed by atoms with Gasteiger partial charge in [0.25, 0.3) is 0 Å². The van der Waals surface area contributed by atoms with Crippen LogP contribution in [0, 0.1) is 23.7 Å². The number of alkyl halides is 1. The molecule has 0 spiro atoms. The molecule has 2 saturated carbocycles. The molecule has 2 unspecified atom stereocenters.